The number of primary amides is 1. The highest BCUT2D eigenvalue weighted by molar-refractivity contribution is 7.88. The molecule has 0 radical (unpaired) electrons. The Bertz CT molecular complexity index is 709. The van der Waals surface area contributed by atoms with Crippen LogP contribution in [0.15, 0.2) is 24.3 Å². The number of benzene rings is 1. The summed E-state index contributed by atoms with van der Waals surface area (Å²) in [6.45, 7) is 3.54. The van der Waals surface area contributed by atoms with E-state index in [-0.39, 0.29) is 11.9 Å². The molecule has 2 rings (SSSR count). The van der Waals surface area contributed by atoms with Gasteiger partial charge in [0.1, 0.15) is 0 Å². The van der Waals surface area contributed by atoms with Crippen molar-refractivity contribution in [3.63, 3.8) is 0 Å². The van der Waals surface area contributed by atoms with Gasteiger partial charge >= 0.3 is 0 Å². The van der Waals surface area contributed by atoms with E-state index in [2.05, 4.69) is 5.32 Å². The second kappa shape index (κ2) is 7.29. The van der Waals surface area contributed by atoms with Crippen LogP contribution < -0.4 is 11.1 Å². The van der Waals surface area contributed by atoms with Crippen LogP contribution in [0.2, 0.25) is 0 Å². The first kappa shape index (κ1) is 18.4. The minimum Gasteiger partial charge on any atom is -0.366 e. The minimum atomic E-state index is -3.19. The zero-order valence-electron chi connectivity index (χ0n) is 13.7. The van der Waals surface area contributed by atoms with Crippen LogP contribution in [-0.4, -0.2) is 67.9 Å². The van der Waals surface area contributed by atoms with Crippen molar-refractivity contribution in [2.24, 2.45) is 5.73 Å². The predicted octanol–water partition coefficient (Wildman–Crippen LogP) is -0.310. The highest BCUT2D eigenvalue weighted by Crippen LogP contribution is 2.13. The fraction of sp³-hybridized carbons (Fsp3) is 0.467. The summed E-state index contributed by atoms with van der Waals surface area (Å²) in [5.41, 5.74) is 6.12. The molecule has 0 unspecified atom stereocenters. The Morgan fingerprint density at radius 2 is 1.67 bits per heavy atom. The number of nitrogens with zero attached hydrogens (tertiary/aromatic N) is 2. The van der Waals surface area contributed by atoms with Gasteiger partial charge < -0.3 is 11.1 Å². The lowest BCUT2D eigenvalue weighted by Gasteiger charge is -2.36. The summed E-state index contributed by atoms with van der Waals surface area (Å²) in [6, 6.07) is 5.95. The van der Waals surface area contributed by atoms with Crippen LogP contribution in [0, 0.1) is 0 Å². The Balaban J connectivity index is 1.92. The van der Waals surface area contributed by atoms with Gasteiger partial charge in [0.25, 0.3) is 0 Å². The first-order valence-corrected chi connectivity index (χ1v) is 9.43. The van der Waals surface area contributed by atoms with Gasteiger partial charge in [-0.1, -0.05) is 0 Å². The molecule has 0 spiro atoms. The fourth-order valence-electron chi connectivity index (χ4n) is 2.55. The van der Waals surface area contributed by atoms with Gasteiger partial charge in [0.2, 0.25) is 21.8 Å². The largest absolute Gasteiger partial charge is 0.366 e. The molecule has 1 aromatic rings. The van der Waals surface area contributed by atoms with Crippen LogP contribution in [-0.2, 0) is 14.8 Å². The number of nitrogens with two attached hydrogens (primary N) is 1. The molecule has 2 amide bonds. The van der Waals surface area contributed by atoms with Crippen LogP contribution in [0.1, 0.15) is 17.3 Å². The Hall–Kier alpha value is -1.97. The van der Waals surface area contributed by atoms with Gasteiger partial charge in [-0.3, -0.25) is 14.5 Å². The van der Waals surface area contributed by atoms with E-state index in [9.17, 15) is 18.0 Å². The van der Waals surface area contributed by atoms with Gasteiger partial charge in [-0.05, 0) is 31.2 Å². The molecule has 1 heterocycles. The standard InChI is InChI=1S/C15H22N4O4S/c1-11(18-7-9-19(10-8-18)24(2,22)23)15(21)17-13-5-3-12(4-6-13)14(16)20/h3-6,11H,7-10H2,1-2H3,(H2,16,20)(H,17,21)/t11-/m0/s1. The molecule has 1 saturated heterocycles. The first-order chi connectivity index (χ1) is 11.2. The van der Waals surface area contributed by atoms with Crippen molar-refractivity contribution >= 4 is 27.5 Å². The van der Waals surface area contributed by atoms with E-state index in [0.29, 0.717) is 37.4 Å². The van der Waals surface area contributed by atoms with E-state index >= 15 is 0 Å². The molecule has 9 heteroatoms. The molecule has 1 atom stereocenters. The van der Waals surface area contributed by atoms with Gasteiger partial charge in [-0.25, -0.2) is 8.42 Å². The van der Waals surface area contributed by atoms with E-state index < -0.39 is 15.9 Å². The molecule has 1 aliphatic rings. The van der Waals surface area contributed by atoms with Gasteiger partial charge in [0.15, 0.2) is 0 Å². The summed E-state index contributed by atoms with van der Waals surface area (Å²) in [5, 5.41) is 2.78. The Morgan fingerprint density at radius 3 is 2.12 bits per heavy atom. The van der Waals surface area contributed by atoms with Crippen LogP contribution in [0.5, 0.6) is 0 Å². The van der Waals surface area contributed by atoms with Gasteiger partial charge in [-0.15, -0.1) is 0 Å². The second-order valence-corrected chi connectivity index (χ2v) is 7.79. The highest BCUT2D eigenvalue weighted by Gasteiger charge is 2.28. The van der Waals surface area contributed by atoms with Crippen molar-refractivity contribution in [2.75, 3.05) is 37.8 Å². The average Bonchev–Trinajstić information content (AvgIpc) is 2.54. The van der Waals surface area contributed by atoms with Crippen molar-refractivity contribution in [2.45, 2.75) is 13.0 Å². The van der Waals surface area contributed by atoms with Crippen LogP contribution >= 0.6 is 0 Å². The summed E-state index contributed by atoms with van der Waals surface area (Å²) >= 11 is 0. The third kappa shape index (κ3) is 4.53. The van der Waals surface area contributed by atoms with E-state index in [1.807, 2.05) is 4.90 Å². The molecular weight excluding hydrogens is 332 g/mol. The number of rotatable bonds is 5. The van der Waals surface area contributed by atoms with Crippen molar-refractivity contribution in [1.29, 1.82) is 0 Å². The summed E-state index contributed by atoms with van der Waals surface area (Å²) in [5.74, 6) is -0.709. The lowest BCUT2D eigenvalue weighted by atomic mass is 10.2. The lowest BCUT2D eigenvalue weighted by Crippen LogP contribution is -2.53. The maximum absolute atomic E-state index is 12.3. The number of hydrogen-bond donors (Lipinski definition) is 2. The van der Waals surface area contributed by atoms with Crippen LogP contribution in [0.3, 0.4) is 0 Å². The molecule has 1 aromatic carbocycles. The SMILES string of the molecule is C[C@@H](C(=O)Nc1ccc(C(N)=O)cc1)N1CCN(S(C)(=O)=O)CC1. The number of carbonyl (C=O) groups is 2. The Kier molecular flexibility index (Phi) is 5.58. The Morgan fingerprint density at radius 1 is 1.12 bits per heavy atom. The summed E-state index contributed by atoms with van der Waals surface area (Å²) in [6.07, 6.45) is 1.19. The maximum Gasteiger partial charge on any atom is 0.248 e. The fourth-order valence-corrected chi connectivity index (χ4v) is 3.38. The molecule has 0 aromatic heterocycles. The Labute approximate surface area is 141 Å². The first-order valence-electron chi connectivity index (χ1n) is 7.58. The monoisotopic (exact) mass is 354 g/mol. The van der Waals surface area contributed by atoms with Crippen molar-refractivity contribution < 1.29 is 18.0 Å². The summed E-state index contributed by atoms with van der Waals surface area (Å²) in [4.78, 5) is 25.3. The molecule has 1 aliphatic heterocycles. The maximum atomic E-state index is 12.3. The molecule has 24 heavy (non-hydrogen) atoms. The molecule has 8 nitrogen and oxygen atoms in total. The smallest absolute Gasteiger partial charge is 0.248 e. The molecule has 0 bridgehead atoms. The third-order valence-electron chi connectivity index (χ3n) is 4.11. The lowest BCUT2D eigenvalue weighted by molar-refractivity contribution is -0.121. The molecular formula is C15H22N4O4S. The average molecular weight is 354 g/mol. The van der Waals surface area contributed by atoms with E-state index in [4.69, 9.17) is 5.73 Å². The second-order valence-electron chi connectivity index (χ2n) is 5.80. The zero-order chi connectivity index (χ0) is 17.9. The normalized spacial score (nSPS) is 18.1. The third-order valence-corrected chi connectivity index (χ3v) is 5.41. The number of nitrogens with one attached hydrogen (secondary N) is 1. The molecule has 3 N–H and O–H groups in total. The van der Waals surface area contributed by atoms with Crippen molar-refractivity contribution in [1.82, 2.24) is 9.21 Å². The summed E-state index contributed by atoms with van der Waals surface area (Å²) < 4.78 is 24.4. The molecule has 1 fully saturated rings. The van der Waals surface area contributed by atoms with E-state index in [0.717, 1.165) is 0 Å². The molecule has 0 aliphatic carbocycles. The van der Waals surface area contributed by atoms with Crippen molar-refractivity contribution in [3.8, 4) is 0 Å². The van der Waals surface area contributed by atoms with Gasteiger partial charge in [0, 0.05) is 37.4 Å². The quantitative estimate of drug-likeness (QED) is 0.753. The number of carbonyl (C=O) groups excluding carboxylic acids is 2. The van der Waals surface area contributed by atoms with Gasteiger partial charge in [-0.2, -0.15) is 4.31 Å². The van der Waals surface area contributed by atoms with E-state index in [1.165, 1.54) is 10.6 Å². The number of amides is 2. The van der Waals surface area contributed by atoms with Gasteiger partial charge in [0.05, 0.1) is 12.3 Å². The zero-order valence-corrected chi connectivity index (χ0v) is 14.5. The number of piperazine rings is 1. The number of anilines is 1. The van der Waals surface area contributed by atoms with E-state index in [1.54, 1.807) is 31.2 Å². The number of sulfonamides is 1. The minimum absolute atomic E-state index is 0.186. The topological polar surface area (TPSA) is 113 Å². The van der Waals surface area contributed by atoms with Crippen molar-refractivity contribution in [3.05, 3.63) is 29.8 Å². The molecule has 132 valence electrons. The predicted molar refractivity (Wildman–Crippen MR) is 91.0 cm³/mol. The molecule has 0 saturated carbocycles. The van der Waals surface area contributed by atoms with Crippen LogP contribution in [0.4, 0.5) is 5.69 Å². The summed E-state index contributed by atoms with van der Waals surface area (Å²) in [7, 11) is -3.19. The highest BCUT2D eigenvalue weighted by atomic mass is 32.2. The van der Waals surface area contributed by atoms with Crippen LogP contribution in [0.25, 0.3) is 0 Å². The number of hydrogen-bond acceptors (Lipinski definition) is 5.